The summed E-state index contributed by atoms with van der Waals surface area (Å²) in [5.74, 6) is 2.12. The molecule has 5 nitrogen and oxygen atoms in total. The van der Waals surface area contributed by atoms with Crippen molar-refractivity contribution >= 4 is 33.2 Å². The van der Waals surface area contributed by atoms with E-state index in [4.69, 9.17) is 9.72 Å². The molecular formula is C53H55N4OPt-3. The van der Waals surface area contributed by atoms with Crippen molar-refractivity contribution < 1.29 is 25.8 Å². The molecule has 2 aromatic heterocycles. The Balaban J connectivity index is 0.00000528. The number of rotatable bonds is 7. The van der Waals surface area contributed by atoms with Crippen molar-refractivity contribution in [2.24, 2.45) is 0 Å². The van der Waals surface area contributed by atoms with Gasteiger partial charge in [-0.2, -0.15) is 12.1 Å². The van der Waals surface area contributed by atoms with E-state index in [0.29, 0.717) is 11.5 Å². The molecule has 0 fully saturated rings. The number of pyridine rings is 1. The Bertz CT molecular complexity index is 2670. The van der Waals surface area contributed by atoms with Crippen LogP contribution in [-0.4, -0.2) is 9.55 Å². The summed E-state index contributed by atoms with van der Waals surface area (Å²) >= 11 is 0. The van der Waals surface area contributed by atoms with Crippen LogP contribution in [0.5, 0.6) is 11.5 Å². The number of hydrogen-bond acceptors (Lipinski definition) is 4. The van der Waals surface area contributed by atoms with E-state index in [2.05, 4.69) is 225 Å². The summed E-state index contributed by atoms with van der Waals surface area (Å²) in [5, 5.41) is 2.27. The van der Waals surface area contributed by atoms with Crippen LogP contribution in [-0.2, 0) is 42.7 Å². The van der Waals surface area contributed by atoms with E-state index in [0.717, 1.165) is 39.2 Å². The Hall–Kier alpha value is -5.12. The van der Waals surface area contributed by atoms with Crippen LogP contribution in [0.4, 0.5) is 11.4 Å². The van der Waals surface area contributed by atoms with Crippen LogP contribution in [0, 0.1) is 18.8 Å². The SMILES string of the molecule is CC(C)(C)c1cccc(N2C=CN(c3[c-]c(Oc4[c-]c5c(cc4)c4cc(C(C)(C)C)ccc4n5-c4cc(C(C)(C)C)ccn4)c(C(C)(C)c4ccccc4)cc3)[CH-]2)c1.[Pt]. The smallest absolute Gasteiger partial charge is 0.135 e. The van der Waals surface area contributed by atoms with Gasteiger partial charge in [0.25, 0.3) is 0 Å². The molecule has 59 heavy (non-hydrogen) atoms. The van der Waals surface area contributed by atoms with Crippen molar-refractivity contribution in [1.82, 2.24) is 9.55 Å². The Labute approximate surface area is 366 Å². The summed E-state index contributed by atoms with van der Waals surface area (Å²) in [5.41, 5.74) is 9.64. The van der Waals surface area contributed by atoms with E-state index in [1.165, 1.54) is 27.6 Å². The predicted octanol–water partition coefficient (Wildman–Crippen LogP) is 13.7. The normalized spacial score (nSPS) is 13.7. The molecule has 7 aromatic rings. The Morgan fingerprint density at radius 3 is 1.95 bits per heavy atom. The van der Waals surface area contributed by atoms with Gasteiger partial charge in [-0.15, -0.1) is 47.6 Å². The zero-order chi connectivity index (χ0) is 41.2. The monoisotopic (exact) mass is 958 g/mol. The van der Waals surface area contributed by atoms with Gasteiger partial charge in [0.05, 0.1) is 0 Å². The van der Waals surface area contributed by atoms with Crippen molar-refractivity contribution in [2.75, 3.05) is 9.80 Å². The third-order valence-electron chi connectivity index (χ3n) is 11.6. The molecule has 8 rings (SSSR count). The van der Waals surface area contributed by atoms with E-state index >= 15 is 0 Å². The maximum absolute atomic E-state index is 7.01. The Morgan fingerprint density at radius 2 is 1.24 bits per heavy atom. The molecule has 3 heterocycles. The van der Waals surface area contributed by atoms with E-state index in [9.17, 15) is 0 Å². The first-order valence-electron chi connectivity index (χ1n) is 20.4. The molecule has 0 amide bonds. The van der Waals surface area contributed by atoms with Crippen molar-refractivity contribution in [3.8, 4) is 17.3 Å². The summed E-state index contributed by atoms with van der Waals surface area (Å²) in [7, 11) is 0. The summed E-state index contributed by atoms with van der Waals surface area (Å²) < 4.78 is 9.25. The standard InChI is InChI=1S/C53H55N4O.Pt/c1-50(2,3)37-18-15-19-40(30-37)55-28-29-56(35-55)41-21-24-45(53(10,11)36-16-13-12-14-17-36)48(33-41)58-42-22-23-43-44-31-38(51(4,5)6)20-25-46(44)57(47(43)34-42)49-32-39(26-27-54-49)52(7,8)9;/h12-32,35H,1-11H3;/q-3;. The number of anilines is 2. The fraction of sp³-hybridized carbons (Fsp3) is 0.283. The summed E-state index contributed by atoms with van der Waals surface area (Å²) in [6.45, 7) is 26.8. The molecule has 0 aliphatic carbocycles. The fourth-order valence-electron chi connectivity index (χ4n) is 7.79. The molecule has 1 aliphatic rings. The third-order valence-corrected chi connectivity index (χ3v) is 11.6. The second kappa shape index (κ2) is 15.5. The fourth-order valence-corrected chi connectivity index (χ4v) is 7.79. The third kappa shape index (κ3) is 8.24. The molecule has 0 spiro atoms. The van der Waals surface area contributed by atoms with E-state index < -0.39 is 0 Å². The van der Waals surface area contributed by atoms with Crippen molar-refractivity contribution in [2.45, 2.75) is 97.8 Å². The number of ether oxygens (including phenoxy) is 1. The van der Waals surface area contributed by atoms with Crippen LogP contribution in [0.1, 0.15) is 104 Å². The van der Waals surface area contributed by atoms with Gasteiger partial charge in [0.1, 0.15) is 5.82 Å². The largest absolute Gasteiger partial charge is 0.509 e. The van der Waals surface area contributed by atoms with Crippen molar-refractivity contribution in [3.63, 3.8) is 0 Å². The van der Waals surface area contributed by atoms with Gasteiger partial charge < -0.3 is 19.1 Å². The van der Waals surface area contributed by atoms with Crippen LogP contribution in [0.25, 0.3) is 27.6 Å². The Morgan fingerprint density at radius 1 is 0.576 bits per heavy atom. The van der Waals surface area contributed by atoms with Gasteiger partial charge in [-0.05, 0) is 92.0 Å². The van der Waals surface area contributed by atoms with E-state index in [1.54, 1.807) is 0 Å². The van der Waals surface area contributed by atoms with Gasteiger partial charge >= 0.3 is 0 Å². The molecule has 5 aromatic carbocycles. The summed E-state index contributed by atoms with van der Waals surface area (Å²) in [6, 6.07) is 46.5. The van der Waals surface area contributed by atoms with Crippen LogP contribution in [0.3, 0.4) is 0 Å². The zero-order valence-electron chi connectivity index (χ0n) is 36.2. The van der Waals surface area contributed by atoms with Gasteiger partial charge in [0.2, 0.25) is 0 Å². The number of hydrogen-bond donors (Lipinski definition) is 0. The molecule has 0 saturated carbocycles. The molecule has 0 atom stereocenters. The minimum Gasteiger partial charge on any atom is -0.509 e. The van der Waals surface area contributed by atoms with Gasteiger partial charge in [-0.3, -0.25) is 0 Å². The minimum atomic E-state index is -0.380. The number of nitrogens with zero attached hydrogens (tertiary/aromatic N) is 4. The average Bonchev–Trinajstić information content (AvgIpc) is 3.81. The number of fused-ring (bicyclic) bond motifs is 3. The zero-order valence-corrected chi connectivity index (χ0v) is 38.5. The predicted molar refractivity (Wildman–Crippen MR) is 242 cm³/mol. The van der Waals surface area contributed by atoms with Crippen LogP contribution >= 0.6 is 0 Å². The second-order valence-electron chi connectivity index (χ2n) is 19.3. The van der Waals surface area contributed by atoms with Crippen LogP contribution in [0.15, 0.2) is 128 Å². The minimum absolute atomic E-state index is 0. The van der Waals surface area contributed by atoms with E-state index in [-0.39, 0.29) is 42.7 Å². The first kappa shape index (κ1) is 42.0. The molecule has 0 saturated heterocycles. The molecule has 6 heteroatoms. The molecule has 0 bridgehead atoms. The molecule has 0 N–H and O–H groups in total. The van der Waals surface area contributed by atoms with Crippen molar-refractivity contribution in [3.05, 3.63) is 174 Å². The summed E-state index contributed by atoms with van der Waals surface area (Å²) in [4.78, 5) is 9.19. The maximum Gasteiger partial charge on any atom is 0.135 e. The van der Waals surface area contributed by atoms with Crippen LogP contribution < -0.4 is 14.5 Å². The molecule has 306 valence electrons. The first-order valence-corrected chi connectivity index (χ1v) is 20.4. The summed E-state index contributed by atoms with van der Waals surface area (Å²) in [6.07, 6.45) is 6.08. The first-order chi connectivity index (χ1) is 27.4. The van der Waals surface area contributed by atoms with Gasteiger partial charge in [0, 0.05) is 50.0 Å². The number of aromatic nitrogens is 2. The van der Waals surface area contributed by atoms with Gasteiger partial charge in [-0.1, -0.05) is 136 Å². The molecule has 0 radical (unpaired) electrons. The Kier molecular flexibility index (Phi) is 11.0. The maximum atomic E-state index is 7.01. The average molecular weight is 959 g/mol. The molecule has 0 unspecified atom stereocenters. The number of benzene rings is 5. The molecule has 1 aliphatic heterocycles. The van der Waals surface area contributed by atoms with Crippen molar-refractivity contribution in [1.29, 1.82) is 0 Å². The van der Waals surface area contributed by atoms with Crippen LogP contribution in [0.2, 0.25) is 0 Å². The van der Waals surface area contributed by atoms with Gasteiger partial charge in [-0.25, -0.2) is 4.98 Å². The quantitative estimate of drug-likeness (QED) is 0.149. The topological polar surface area (TPSA) is 33.5 Å². The molecular weight excluding hydrogens is 904 g/mol. The second-order valence-corrected chi connectivity index (χ2v) is 19.3. The van der Waals surface area contributed by atoms with Gasteiger partial charge in [0.15, 0.2) is 0 Å². The van der Waals surface area contributed by atoms with E-state index in [1.807, 2.05) is 12.3 Å².